The van der Waals surface area contributed by atoms with E-state index in [2.05, 4.69) is 17.1 Å². The van der Waals surface area contributed by atoms with E-state index in [4.69, 9.17) is 10.5 Å². The van der Waals surface area contributed by atoms with E-state index in [1.165, 1.54) is 18.2 Å². The highest BCUT2D eigenvalue weighted by Gasteiger charge is 2.35. The molecule has 11 heteroatoms. The van der Waals surface area contributed by atoms with Crippen molar-refractivity contribution >= 4 is 11.3 Å². The zero-order valence-corrected chi connectivity index (χ0v) is 19.7. The topological polar surface area (TPSA) is 61.0 Å². The van der Waals surface area contributed by atoms with Crippen molar-refractivity contribution in [2.24, 2.45) is 5.73 Å². The standard InChI is InChI=1S/C24H24F6N3OS/c1-22(2,31)21-33-32-20(35-21)16-10-11-19(18(14-16)24(28,29)30)34-12-5-3-4-7-15-8-6-9-17(13-15)23(25,26)27/h6,8-11,13-14H,1,3-5,7,12,31H2,2H3/t22-/m0/s1. The van der Waals surface area contributed by atoms with Gasteiger partial charge in [-0.1, -0.05) is 29.5 Å². The number of nitrogens with two attached hydrogens (primary N) is 1. The predicted molar refractivity (Wildman–Crippen MR) is 122 cm³/mol. The molecule has 1 aromatic heterocycles. The first-order chi connectivity index (χ1) is 16.2. The second-order valence-electron chi connectivity index (χ2n) is 8.40. The number of alkyl halides is 6. The number of nitrogens with zero attached hydrogens (tertiary/aromatic N) is 2. The van der Waals surface area contributed by atoms with Crippen molar-refractivity contribution in [3.63, 3.8) is 0 Å². The van der Waals surface area contributed by atoms with Gasteiger partial charge < -0.3 is 10.5 Å². The molecule has 0 saturated carbocycles. The Morgan fingerprint density at radius 1 is 0.943 bits per heavy atom. The Morgan fingerprint density at radius 2 is 1.69 bits per heavy atom. The van der Waals surface area contributed by atoms with Gasteiger partial charge in [-0.3, -0.25) is 0 Å². The van der Waals surface area contributed by atoms with Crippen LogP contribution in [0, 0.1) is 6.92 Å². The first-order valence-electron chi connectivity index (χ1n) is 10.7. The monoisotopic (exact) mass is 516 g/mol. The van der Waals surface area contributed by atoms with Crippen molar-refractivity contribution in [2.75, 3.05) is 6.61 Å². The van der Waals surface area contributed by atoms with E-state index in [9.17, 15) is 26.3 Å². The second-order valence-corrected chi connectivity index (χ2v) is 9.37. The van der Waals surface area contributed by atoms with Gasteiger partial charge in [0, 0.05) is 5.56 Å². The van der Waals surface area contributed by atoms with E-state index in [0.29, 0.717) is 36.3 Å². The molecule has 0 aliphatic rings. The van der Waals surface area contributed by atoms with Gasteiger partial charge in [-0.15, -0.1) is 10.2 Å². The van der Waals surface area contributed by atoms with Crippen LogP contribution < -0.4 is 10.5 Å². The Hall–Kier alpha value is -2.66. The van der Waals surface area contributed by atoms with Gasteiger partial charge in [-0.05, 0) is 69.4 Å². The average Bonchev–Trinajstić information content (AvgIpc) is 3.26. The smallest absolute Gasteiger partial charge is 0.419 e. The molecule has 0 saturated heterocycles. The van der Waals surface area contributed by atoms with Gasteiger partial charge in [0.2, 0.25) is 0 Å². The molecular weight excluding hydrogens is 492 g/mol. The predicted octanol–water partition coefficient (Wildman–Crippen LogP) is 7.04. The third kappa shape index (κ3) is 7.41. The summed E-state index contributed by atoms with van der Waals surface area (Å²) in [7, 11) is 0. The average molecular weight is 517 g/mol. The molecule has 0 aliphatic carbocycles. The van der Waals surface area contributed by atoms with Crippen LogP contribution in [0.3, 0.4) is 0 Å². The number of halogens is 6. The zero-order valence-electron chi connectivity index (χ0n) is 18.8. The largest absolute Gasteiger partial charge is 0.493 e. The first-order valence-corrected chi connectivity index (χ1v) is 11.6. The molecule has 189 valence electrons. The quantitative estimate of drug-likeness (QED) is 0.245. The van der Waals surface area contributed by atoms with Crippen molar-refractivity contribution in [3.05, 3.63) is 71.1 Å². The molecule has 0 fully saturated rings. The Labute approximate surface area is 203 Å². The summed E-state index contributed by atoms with van der Waals surface area (Å²) in [5, 5.41) is 8.51. The summed E-state index contributed by atoms with van der Waals surface area (Å²) in [6.07, 6.45) is -6.97. The maximum atomic E-state index is 13.6. The number of ether oxygens (including phenoxy) is 1. The van der Waals surface area contributed by atoms with Gasteiger partial charge in [0.15, 0.2) is 0 Å². The van der Waals surface area contributed by atoms with Crippen molar-refractivity contribution in [2.45, 2.75) is 50.5 Å². The van der Waals surface area contributed by atoms with Crippen molar-refractivity contribution < 1.29 is 31.1 Å². The van der Waals surface area contributed by atoms with Crippen molar-refractivity contribution in [3.8, 4) is 16.3 Å². The molecule has 1 radical (unpaired) electrons. The molecule has 0 spiro atoms. The fraction of sp³-hybridized carbons (Fsp3) is 0.375. The molecule has 0 aliphatic heterocycles. The van der Waals surface area contributed by atoms with Crippen LogP contribution >= 0.6 is 11.3 Å². The summed E-state index contributed by atoms with van der Waals surface area (Å²) < 4.78 is 84.7. The van der Waals surface area contributed by atoms with Crippen LogP contribution in [0.5, 0.6) is 5.75 Å². The van der Waals surface area contributed by atoms with Gasteiger partial charge in [-0.25, -0.2) is 0 Å². The molecule has 0 bridgehead atoms. The van der Waals surface area contributed by atoms with Gasteiger partial charge in [-0.2, -0.15) is 26.3 Å². The third-order valence-corrected chi connectivity index (χ3v) is 6.32. The van der Waals surface area contributed by atoms with E-state index in [1.54, 1.807) is 13.0 Å². The Morgan fingerprint density at radius 3 is 2.31 bits per heavy atom. The van der Waals surface area contributed by atoms with Gasteiger partial charge >= 0.3 is 12.4 Å². The van der Waals surface area contributed by atoms with E-state index in [1.807, 2.05) is 0 Å². The lowest BCUT2D eigenvalue weighted by atomic mass is 10.0. The Balaban J connectivity index is 1.58. The summed E-state index contributed by atoms with van der Waals surface area (Å²) in [5.74, 6) is -0.301. The third-order valence-electron chi connectivity index (χ3n) is 5.07. The van der Waals surface area contributed by atoms with Crippen molar-refractivity contribution in [1.29, 1.82) is 0 Å². The first kappa shape index (κ1) is 26.9. The highest BCUT2D eigenvalue weighted by atomic mass is 32.1. The number of benzene rings is 2. The molecule has 1 atom stereocenters. The molecule has 4 nitrogen and oxygen atoms in total. The number of aromatic nitrogens is 2. The fourth-order valence-corrected chi connectivity index (χ4v) is 4.10. The molecular formula is C24H24F6N3OS. The molecule has 35 heavy (non-hydrogen) atoms. The van der Waals surface area contributed by atoms with Gasteiger partial charge in [0.25, 0.3) is 0 Å². The maximum absolute atomic E-state index is 13.6. The van der Waals surface area contributed by atoms with E-state index < -0.39 is 29.0 Å². The molecule has 1 heterocycles. The summed E-state index contributed by atoms with van der Waals surface area (Å²) >= 11 is 1.07. The lowest BCUT2D eigenvalue weighted by molar-refractivity contribution is -0.139. The van der Waals surface area contributed by atoms with Gasteiger partial charge in [0.05, 0.1) is 23.3 Å². The minimum Gasteiger partial charge on any atom is -0.493 e. The number of unbranched alkanes of at least 4 members (excludes halogenated alkanes) is 2. The number of hydrogen-bond donors (Lipinski definition) is 1. The minimum atomic E-state index is -4.64. The van der Waals surface area contributed by atoms with Crippen LogP contribution in [0.2, 0.25) is 0 Å². The lowest BCUT2D eigenvalue weighted by Crippen LogP contribution is -2.28. The Bertz CT molecular complexity index is 1140. The molecule has 0 amide bonds. The second kappa shape index (κ2) is 10.5. The SMILES string of the molecule is [CH2][C@@](C)(N)c1nnc(-c2ccc(OCCCCCc3cccc(C(F)(F)F)c3)c(C(F)(F)F)c2)s1. The maximum Gasteiger partial charge on any atom is 0.419 e. The van der Waals surface area contributed by atoms with Crippen LogP contribution in [0.25, 0.3) is 10.6 Å². The van der Waals surface area contributed by atoms with Crippen LogP contribution in [-0.4, -0.2) is 16.8 Å². The molecule has 0 unspecified atom stereocenters. The van der Waals surface area contributed by atoms with E-state index in [-0.39, 0.29) is 22.9 Å². The highest BCUT2D eigenvalue weighted by molar-refractivity contribution is 7.14. The Kier molecular flexibility index (Phi) is 8.10. The number of hydrogen-bond acceptors (Lipinski definition) is 5. The van der Waals surface area contributed by atoms with Crippen LogP contribution in [0.4, 0.5) is 26.3 Å². The highest BCUT2D eigenvalue weighted by Crippen LogP contribution is 2.40. The normalized spacial score (nSPS) is 12.7. The molecule has 3 aromatic rings. The summed E-state index contributed by atoms with van der Waals surface area (Å²) in [4.78, 5) is 0. The number of aryl methyl sites for hydroxylation is 1. The van der Waals surface area contributed by atoms with Crippen LogP contribution in [-0.2, 0) is 24.3 Å². The van der Waals surface area contributed by atoms with Crippen LogP contribution in [0.15, 0.2) is 42.5 Å². The number of rotatable bonds is 9. The molecule has 2 N–H and O–H groups in total. The molecule has 3 rings (SSSR count). The summed E-state index contributed by atoms with van der Waals surface area (Å²) in [5.41, 5.74) is 4.03. The molecule has 2 aromatic carbocycles. The summed E-state index contributed by atoms with van der Waals surface area (Å²) in [6.45, 7) is 5.41. The summed E-state index contributed by atoms with van der Waals surface area (Å²) in [6, 6.07) is 8.78. The van der Waals surface area contributed by atoms with Crippen molar-refractivity contribution in [1.82, 2.24) is 10.2 Å². The van der Waals surface area contributed by atoms with E-state index in [0.717, 1.165) is 29.5 Å². The minimum absolute atomic E-state index is 0.0427. The fourth-order valence-electron chi connectivity index (χ4n) is 3.27. The lowest BCUT2D eigenvalue weighted by Gasteiger charge is -2.15. The van der Waals surface area contributed by atoms with E-state index >= 15 is 0 Å². The van der Waals surface area contributed by atoms with Gasteiger partial charge in [0.1, 0.15) is 15.8 Å². The zero-order chi connectivity index (χ0) is 25.9. The van der Waals surface area contributed by atoms with Crippen LogP contribution in [0.1, 0.15) is 47.9 Å².